The van der Waals surface area contributed by atoms with E-state index in [2.05, 4.69) is 0 Å². The number of hydrogen-bond acceptors (Lipinski definition) is 5. The predicted molar refractivity (Wildman–Crippen MR) is 104 cm³/mol. The first kappa shape index (κ1) is 17.5. The number of allylic oxidation sites excluding steroid dienone is 1. The van der Waals surface area contributed by atoms with Gasteiger partial charge in [-0.2, -0.15) is 0 Å². The van der Waals surface area contributed by atoms with Crippen molar-refractivity contribution in [1.82, 2.24) is 0 Å². The molecule has 0 aliphatic heterocycles. The first-order chi connectivity index (χ1) is 13.6. The van der Waals surface area contributed by atoms with Gasteiger partial charge in [-0.25, -0.2) is 0 Å². The van der Waals surface area contributed by atoms with E-state index in [-0.39, 0.29) is 29.3 Å². The molecule has 28 heavy (non-hydrogen) atoms. The molecule has 0 fully saturated rings. The Morgan fingerprint density at radius 1 is 1.07 bits per heavy atom. The van der Waals surface area contributed by atoms with Crippen molar-refractivity contribution in [3.05, 3.63) is 58.1 Å². The number of aromatic hydroxyl groups is 2. The third kappa shape index (κ3) is 2.11. The fourth-order valence-electron chi connectivity index (χ4n) is 5.29. The Morgan fingerprint density at radius 3 is 2.64 bits per heavy atom. The van der Waals surface area contributed by atoms with Crippen molar-refractivity contribution in [2.45, 2.75) is 37.9 Å². The standard InChI is InChI=1S/C23H22O5/c1-3-28-23-19-11(5-4-6-14(19)24)17-12-7-9-15(25)21-16(26)10-8-13(18(12)21)20(17)22(23)27-2/h4-6,8,10,20,22-24,26H,3,7,9H2,1-2H3/t20-,22+,23+/m0/s1. The van der Waals surface area contributed by atoms with Gasteiger partial charge in [-0.1, -0.05) is 18.2 Å². The number of benzene rings is 2. The molecule has 5 heteroatoms. The highest BCUT2D eigenvalue weighted by atomic mass is 16.5. The lowest BCUT2D eigenvalue weighted by Gasteiger charge is -2.39. The van der Waals surface area contributed by atoms with Gasteiger partial charge in [0.15, 0.2) is 5.78 Å². The SMILES string of the molecule is CCO[C@@H]1c2c(O)cccc2C2=C3CCC(=O)c4c(O)ccc(c43)[C@@H]2[C@H]1OC. The van der Waals surface area contributed by atoms with Crippen molar-refractivity contribution in [3.63, 3.8) is 0 Å². The fraction of sp³-hybridized carbons (Fsp3) is 0.348. The van der Waals surface area contributed by atoms with Gasteiger partial charge in [0, 0.05) is 31.6 Å². The van der Waals surface area contributed by atoms with E-state index in [1.807, 2.05) is 25.1 Å². The second-order valence-electron chi connectivity index (χ2n) is 7.53. The van der Waals surface area contributed by atoms with Crippen LogP contribution in [0.5, 0.6) is 11.5 Å². The van der Waals surface area contributed by atoms with Gasteiger partial charge in [0.1, 0.15) is 17.6 Å². The summed E-state index contributed by atoms with van der Waals surface area (Å²) in [6.07, 6.45) is 0.244. The summed E-state index contributed by atoms with van der Waals surface area (Å²) >= 11 is 0. The second-order valence-corrected chi connectivity index (χ2v) is 7.53. The molecule has 0 radical (unpaired) electrons. The van der Waals surface area contributed by atoms with E-state index in [4.69, 9.17) is 9.47 Å². The first-order valence-electron chi connectivity index (χ1n) is 9.67. The Labute approximate surface area is 163 Å². The topological polar surface area (TPSA) is 76.0 Å². The molecule has 0 heterocycles. The summed E-state index contributed by atoms with van der Waals surface area (Å²) in [5.41, 5.74) is 6.12. The molecule has 0 saturated carbocycles. The number of phenolic OH excluding ortho intramolecular Hbond substituents is 2. The van der Waals surface area contributed by atoms with E-state index in [0.717, 1.165) is 33.4 Å². The second kappa shape index (κ2) is 6.19. The Morgan fingerprint density at radius 2 is 1.89 bits per heavy atom. The van der Waals surface area contributed by atoms with Crippen molar-refractivity contribution in [2.75, 3.05) is 13.7 Å². The van der Waals surface area contributed by atoms with Crippen LogP contribution in [0.3, 0.4) is 0 Å². The number of ether oxygens (including phenoxy) is 2. The lowest BCUT2D eigenvalue weighted by atomic mass is 9.74. The van der Waals surface area contributed by atoms with Crippen LogP contribution >= 0.6 is 0 Å². The number of carbonyl (C=O) groups is 1. The maximum atomic E-state index is 12.6. The molecule has 2 aromatic rings. The molecule has 3 aliphatic carbocycles. The maximum absolute atomic E-state index is 12.6. The lowest BCUT2D eigenvalue weighted by molar-refractivity contribution is -0.0630. The molecule has 0 bridgehead atoms. The van der Waals surface area contributed by atoms with Crippen molar-refractivity contribution in [2.24, 2.45) is 0 Å². The van der Waals surface area contributed by atoms with Crippen molar-refractivity contribution < 1.29 is 24.5 Å². The van der Waals surface area contributed by atoms with Crippen molar-refractivity contribution in [3.8, 4) is 11.5 Å². The van der Waals surface area contributed by atoms with Crippen molar-refractivity contribution >= 4 is 16.9 Å². The number of fused-ring (bicyclic) bond motifs is 4. The Balaban J connectivity index is 1.87. The summed E-state index contributed by atoms with van der Waals surface area (Å²) in [5, 5.41) is 21.1. The van der Waals surface area contributed by atoms with Crippen LogP contribution < -0.4 is 0 Å². The number of Topliss-reactive ketones (excluding diaryl/α,β-unsaturated/α-hetero) is 1. The molecule has 0 unspecified atom stereocenters. The first-order valence-corrected chi connectivity index (χ1v) is 9.67. The summed E-state index contributed by atoms with van der Waals surface area (Å²) < 4.78 is 12.0. The molecule has 5 rings (SSSR count). The highest BCUT2D eigenvalue weighted by Gasteiger charge is 2.49. The molecule has 3 atom stereocenters. The van der Waals surface area contributed by atoms with Crippen LogP contribution in [0.25, 0.3) is 11.1 Å². The summed E-state index contributed by atoms with van der Waals surface area (Å²) in [7, 11) is 1.66. The average molecular weight is 378 g/mol. The Bertz CT molecular complexity index is 1040. The van der Waals surface area contributed by atoms with Crippen LogP contribution in [0.2, 0.25) is 0 Å². The molecular formula is C23H22O5. The van der Waals surface area contributed by atoms with Crippen LogP contribution in [0.4, 0.5) is 0 Å². The van der Waals surface area contributed by atoms with Gasteiger partial charge in [-0.3, -0.25) is 4.79 Å². The molecule has 3 aliphatic rings. The normalized spacial score (nSPS) is 24.8. The van der Waals surface area contributed by atoms with E-state index < -0.39 is 6.10 Å². The molecule has 0 spiro atoms. The molecule has 0 aromatic heterocycles. The minimum atomic E-state index is -0.416. The molecular weight excluding hydrogens is 356 g/mol. The highest BCUT2D eigenvalue weighted by molar-refractivity contribution is 6.14. The summed E-state index contributed by atoms with van der Waals surface area (Å²) in [6.45, 7) is 2.41. The number of carbonyl (C=O) groups excluding carboxylic acids is 1. The predicted octanol–water partition coefficient (Wildman–Crippen LogP) is 4.19. The molecule has 0 saturated heterocycles. The largest absolute Gasteiger partial charge is 0.508 e. The Kier molecular flexibility index (Phi) is 3.86. The van der Waals surface area contributed by atoms with E-state index in [1.165, 1.54) is 0 Å². The number of phenols is 2. The van der Waals surface area contributed by atoms with Crippen LogP contribution in [0.1, 0.15) is 64.4 Å². The van der Waals surface area contributed by atoms with Gasteiger partial charge < -0.3 is 19.7 Å². The van der Waals surface area contributed by atoms with Gasteiger partial charge in [0.25, 0.3) is 0 Å². The zero-order valence-corrected chi connectivity index (χ0v) is 15.9. The minimum absolute atomic E-state index is 0.0243. The van der Waals surface area contributed by atoms with Crippen LogP contribution in [0, 0.1) is 0 Å². The van der Waals surface area contributed by atoms with Gasteiger partial charge in [-0.15, -0.1) is 0 Å². The highest BCUT2D eigenvalue weighted by Crippen LogP contribution is 2.60. The van der Waals surface area contributed by atoms with E-state index in [0.29, 0.717) is 25.0 Å². The molecule has 2 aromatic carbocycles. The Hall–Kier alpha value is -2.63. The fourth-order valence-corrected chi connectivity index (χ4v) is 5.29. The summed E-state index contributed by atoms with van der Waals surface area (Å²) in [6, 6.07) is 9.02. The summed E-state index contributed by atoms with van der Waals surface area (Å²) in [4.78, 5) is 12.6. The number of ketones is 1. The minimum Gasteiger partial charge on any atom is -0.508 e. The lowest BCUT2D eigenvalue weighted by Crippen LogP contribution is -2.34. The van der Waals surface area contributed by atoms with Crippen LogP contribution in [-0.4, -0.2) is 35.8 Å². The summed E-state index contributed by atoms with van der Waals surface area (Å²) in [5.74, 6) is 0.0945. The third-order valence-corrected chi connectivity index (χ3v) is 6.27. The quantitative estimate of drug-likeness (QED) is 0.838. The molecule has 0 amide bonds. The van der Waals surface area contributed by atoms with E-state index >= 15 is 0 Å². The van der Waals surface area contributed by atoms with Gasteiger partial charge in [0.05, 0.1) is 11.7 Å². The van der Waals surface area contributed by atoms with Crippen LogP contribution in [-0.2, 0) is 9.47 Å². The van der Waals surface area contributed by atoms with Gasteiger partial charge in [-0.05, 0) is 53.3 Å². The van der Waals surface area contributed by atoms with Gasteiger partial charge >= 0.3 is 0 Å². The zero-order valence-electron chi connectivity index (χ0n) is 15.9. The van der Waals surface area contributed by atoms with E-state index in [1.54, 1.807) is 19.2 Å². The van der Waals surface area contributed by atoms with Crippen LogP contribution in [0.15, 0.2) is 30.3 Å². The number of methoxy groups -OCH3 is 1. The molecule has 2 N–H and O–H groups in total. The average Bonchev–Trinajstić information content (AvgIpc) is 3.01. The van der Waals surface area contributed by atoms with E-state index in [9.17, 15) is 15.0 Å². The molecule has 144 valence electrons. The maximum Gasteiger partial charge on any atom is 0.167 e. The third-order valence-electron chi connectivity index (χ3n) is 6.27. The monoisotopic (exact) mass is 378 g/mol. The van der Waals surface area contributed by atoms with Crippen molar-refractivity contribution in [1.29, 1.82) is 0 Å². The zero-order chi connectivity index (χ0) is 19.6. The number of hydrogen-bond donors (Lipinski definition) is 2. The number of rotatable bonds is 3. The van der Waals surface area contributed by atoms with Gasteiger partial charge in [0.2, 0.25) is 0 Å². The smallest absolute Gasteiger partial charge is 0.167 e. The molecule has 5 nitrogen and oxygen atoms in total.